The summed E-state index contributed by atoms with van der Waals surface area (Å²) in [5.41, 5.74) is 1.61. The first-order valence-electron chi connectivity index (χ1n) is 9.04. The molecule has 0 spiro atoms. The van der Waals surface area contributed by atoms with E-state index in [4.69, 9.17) is 4.74 Å². The van der Waals surface area contributed by atoms with Gasteiger partial charge in [0.05, 0.1) is 43.5 Å². The summed E-state index contributed by atoms with van der Waals surface area (Å²) in [6.07, 6.45) is 3.64. The third kappa shape index (κ3) is 3.24. The van der Waals surface area contributed by atoms with Gasteiger partial charge in [0.15, 0.2) is 0 Å². The van der Waals surface area contributed by atoms with Crippen LogP contribution in [0.4, 0.5) is 5.82 Å². The molecule has 9 heteroatoms. The molecule has 0 radical (unpaired) electrons. The van der Waals surface area contributed by atoms with Crippen molar-refractivity contribution in [3.63, 3.8) is 0 Å². The van der Waals surface area contributed by atoms with Crippen LogP contribution >= 0.6 is 0 Å². The Bertz CT molecular complexity index is 1180. The number of rotatable bonds is 5. The molecule has 0 aromatic carbocycles. The number of esters is 1. The van der Waals surface area contributed by atoms with Gasteiger partial charge in [-0.3, -0.25) is 14.4 Å². The van der Waals surface area contributed by atoms with Crippen molar-refractivity contribution in [1.29, 1.82) is 0 Å². The zero-order valence-corrected chi connectivity index (χ0v) is 16.2. The van der Waals surface area contributed by atoms with Gasteiger partial charge in [0, 0.05) is 18.6 Å². The van der Waals surface area contributed by atoms with Crippen molar-refractivity contribution in [3.05, 3.63) is 40.9 Å². The first kappa shape index (κ1) is 18.7. The minimum absolute atomic E-state index is 0.260. The van der Waals surface area contributed by atoms with Crippen LogP contribution in [0.15, 0.2) is 35.4 Å². The van der Waals surface area contributed by atoms with E-state index in [0.29, 0.717) is 29.2 Å². The number of aromatic nitrogens is 3. The maximum absolute atomic E-state index is 12.4. The number of nitrogens with one attached hydrogen (secondary N) is 2. The van der Waals surface area contributed by atoms with E-state index in [1.54, 1.807) is 18.3 Å². The maximum atomic E-state index is 12.4. The Morgan fingerprint density at radius 1 is 1.28 bits per heavy atom. The first-order chi connectivity index (χ1) is 13.9. The summed E-state index contributed by atoms with van der Waals surface area (Å²) in [5.74, 6) is -0.566. The SMILES string of the molecule is COC(=O)[C@H]1CC1C(=O)Nc1cc2cc(-c3c(OC)cc[nH]c3=O)n(C)c2cn1. The molecule has 9 nitrogen and oxygen atoms in total. The van der Waals surface area contributed by atoms with Crippen LogP contribution in [0.3, 0.4) is 0 Å². The van der Waals surface area contributed by atoms with E-state index in [1.165, 1.54) is 20.4 Å². The van der Waals surface area contributed by atoms with E-state index in [2.05, 4.69) is 20.0 Å². The average molecular weight is 396 g/mol. The average Bonchev–Trinajstić information content (AvgIpc) is 3.46. The summed E-state index contributed by atoms with van der Waals surface area (Å²) < 4.78 is 11.9. The minimum Gasteiger partial charge on any atom is -0.496 e. The first-order valence-corrected chi connectivity index (χ1v) is 9.04. The predicted octanol–water partition coefficient (Wildman–Crippen LogP) is 1.68. The summed E-state index contributed by atoms with van der Waals surface area (Å²) in [6.45, 7) is 0. The standard InChI is InChI=1S/C20H20N4O5/c1-24-13(17-15(28-2)4-5-21-19(17)26)6-10-7-16(22-9-14(10)24)23-18(25)11-8-12(11)20(27)29-3/h4-7,9,11-12H,8H2,1-3H3,(H,21,26)(H,22,23,25)/t11?,12-/m0/s1. The van der Waals surface area contributed by atoms with Crippen molar-refractivity contribution in [2.45, 2.75) is 6.42 Å². The van der Waals surface area contributed by atoms with E-state index in [-0.39, 0.29) is 23.4 Å². The molecular formula is C20H20N4O5. The van der Waals surface area contributed by atoms with Crippen LogP contribution in [0.25, 0.3) is 22.2 Å². The fourth-order valence-corrected chi connectivity index (χ4v) is 3.53. The second-order valence-electron chi connectivity index (χ2n) is 6.93. The molecule has 1 amide bonds. The normalized spacial score (nSPS) is 17.8. The fraction of sp³-hybridized carbons (Fsp3) is 0.300. The van der Waals surface area contributed by atoms with E-state index in [1.807, 2.05) is 17.7 Å². The van der Waals surface area contributed by atoms with Gasteiger partial charge in [0.25, 0.3) is 5.56 Å². The summed E-state index contributed by atoms with van der Waals surface area (Å²) in [7, 11) is 4.65. The molecule has 29 heavy (non-hydrogen) atoms. The number of pyridine rings is 2. The number of methoxy groups -OCH3 is 2. The number of amides is 1. The third-order valence-corrected chi connectivity index (χ3v) is 5.21. The van der Waals surface area contributed by atoms with E-state index >= 15 is 0 Å². The molecule has 1 aliphatic rings. The molecule has 2 N–H and O–H groups in total. The molecule has 3 aromatic rings. The molecule has 0 bridgehead atoms. The van der Waals surface area contributed by atoms with Gasteiger partial charge in [0.1, 0.15) is 17.1 Å². The smallest absolute Gasteiger partial charge is 0.309 e. The van der Waals surface area contributed by atoms with Crippen LogP contribution in [-0.4, -0.2) is 40.6 Å². The highest BCUT2D eigenvalue weighted by Gasteiger charge is 2.49. The van der Waals surface area contributed by atoms with Gasteiger partial charge in [-0.05, 0) is 24.6 Å². The highest BCUT2D eigenvalue weighted by Crippen LogP contribution is 2.40. The van der Waals surface area contributed by atoms with Crippen molar-refractivity contribution in [3.8, 4) is 17.0 Å². The minimum atomic E-state index is -0.390. The molecular weight excluding hydrogens is 376 g/mol. The van der Waals surface area contributed by atoms with Crippen LogP contribution in [0, 0.1) is 11.8 Å². The molecule has 3 aromatic heterocycles. The second kappa shape index (κ2) is 7.08. The number of hydrogen-bond acceptors (Lipinski definition) is 6. The Balaban J connectivity index is 1.64. The van der Waals surface area contributed by atoms with E-state index < -0.39 is 5.92 Å². The highest BCUT2D eigenvalue weighted by molar-refractivity contribution is 5.99. The number of aryl methyl sites for hydroxylation is 1. The Kier molecular flexibility index (Phi) is 4.57. The molecule has 1 aliphatic carbocycles. The van der Waals surface area contributed by atoms with Crippen LogP contribution in [0.5, 0.6) is 5.75 Å². The molecule has 0 aliphatic heterocycles. The quantitative estimate of drug-likeness (QED) is 0.634. The number of nitrogens with zero attached hydrogens (tertiary/aromatic N) is 2. The summed E-state index contributed by atoms with van der Waals surface area (Å²) in [4.78, 5) is 43.2. The second-order valence-corrected chi connectivity index (χ2v) is 6.93. The zero-order chi connectivity index (χ0) is 20.7. The number of anilines is 1. The summed E-state index contributed by atoms with van der Waals surface area (Å²) in [6, 6.07) is 5.26. The number of aromatic amines is 1. The lowest BCUT2D eigenvalue weighted by Gasteiger charge is -2.08. The molecule has 2 atom stereocenters. The number of carbonyl (C=O) groups is 2. The van der Waals surface area contributed by atoms with Crippen molar-refractivity contribution < 1.29 is 19.1 Å². The lowest BCUT2D eigenvalue weighted by molar-refractivity contribution is -0.143. The van der Waals surface area contributed by atoms with Gasteiger partial charge >= 0.3 is 5.97 Å². The van der Waals surface area contributed by atoms with Gasteiger partial charge < -0.3 is 24.3 Å². The summed E-state index contributed by atoms with van der Waals surface area (Å²) >= 11 is 0. The molecule has 0 saturated heterocycles. The van der Waals surface area contributed by atoms with E-state index in [0.717, 1.165) is 10.9 Å². The number of hydrogen-bond donors (Lipinski definition) is 2. The number of carbonyl (C=O) groups excluding carboxylic acids is 2. The monoisotopic (exact) mass is 396 g/mol. The molecule has 1 saturated carbocycles. The van der Waals surface area contributed by atoms with Gasteiger partial charge in [-0.15, -0.1) is 0 Å². The van der Waals surface area contributed by atoms with Gasteiger partial charge in [-0.2, -0.15) is 0 Å². The predicted molar refractivity (Wildman–Crippen MR) is 106 cm³/mol. The molecule has 3 heterocycles. The van der Waals surface area contributed by atoms with Crippen LogP contribution in [-0.2, 0) is 21.4 Å². The van der Waals surface area contributed by atoms with Crippen LogP contribution in [0.2, 0.25) is 0 Å². The number of H-pyrrole nitrogens is 1. The summed E-state index contributed by atoms with van der Waals surface area (Å²) in [5, 5.41) is 3.55. The van der Waals surface area contributed by atoms with Crippen LogP contribution in [0.1, 0.15) is 6.42 Å². The lowest BCUT2D eigenvalue weighted by atomic mass is 10.1. The molecule has 4 rings (SSSR count). The Morgan fingerprint density at radius 3 is 2.79 bits per heavy atom. The van der Waals surface area contributed by atoms with Gasteiger partial charge in [-0.25, -0.2) is 4.98 Å². The van der Waals surface area contributed by atoms with Crippen molar-refractivity contribution in [1.82, 2.24) is 14.5 Å². The van der Waals surface area contributed by atoms with Gasteiger partial charge in [-0.1, -0.05) is 0 Å². The van der Waals surface area contributed by atoms with E-state index in [9.17, 15) is 14.4 Å². The Labute approximate surface area is 165 Å². The Morgan fingerprint density at radius 2 is 2.07 bits per heavy atom. The molecule has 150 valence electrons. The topological polar surface area (TPSA) is 115 Å². The lowest BCUT2D eigenvalue weighted by Crippen LogP contribution is -2.18. The molecule has 1 unspecified atom stereocenters. The third-order valence-electron chi connectivity index (χ3n) is 5.21. The highest BCUT2D eigenvalue weighted by atomic mass is 16.5. The number of ether oxygens (including phenoxy) is 2. The number of fused-ring (bicyclic) bond motifs is 1. The van der Waals surface area contributed by atoms with Crippen LogP contribution < -0.4 is 15.6 Å². The maximum Gasteiger partial charge on any atom is 0.309 e. The largest absolute Gasteiger partial charge is 0.496 e. The Hall–Kier alpha value is -3.62. The zero-order valence-electron chi connectivity index (χ0n) is 16.2. The van der Waals surface area contributed by atoms with Crippen molar-refractivity contribution >= 4 is 28.6 Å². The van der Waals surface area contributed by atoms with Crippen molar-refractivity contribution in [2.24, 2.45) is 18.9 Å². The van der Waals surface area contributed by atoms with Crippen molar-refractivity contribution in [2.75, 3.05) is 19.5 Å². The molecule has 1 fully saturated rings. The van der Waals surface area contributed by atoms with Gasteiger partial charge in [0.2, 0.25) is 5.91 Å². The fourth-order valence-electron chi connectivity index (χ4n) is 3.53.